The molecule has 1 spiro atoms. The van der Waals surface area contributed by atoms with Crippen molar-refractivity contribution >= 4 is 11.3 Å². The van der Waals surface area contributed by atoms with Crippen LogP contribution >= 0.6 is 11.3 Å². The highest BCUT2D eigenvalue weighted by atomic mass is 32.1. The molecule has 1 saturated carbocycles. The first-order chi connectivity index (χ1) is 20.1. The number of rotatable bonds is 7. The summed E-state index contributed by atoms with van der Waals surface area (Å²) in [4.78, 5) is 3.97. The molecule has 3 nitrogen and oxygen atoms in total. The van der Waals surface area contributed by atoms with Crippen molar-refractivity contribution in [1.82, 2.24) is 4.98 Å². The van der Waals surface area contributed by atoms with Crippen LogP contribution in [0.3, 0.4) is 0 Å². The minimum Gasteiger partial charge on any atom is -0.496 e. The lowest BCUT2D eigenvalue weighted by Crippen LogP contribution is -2.46. The van der Waals surface area contributed by atoms with Crippen molar-refractivity contribution < 1.29 is 34.1 Å². The molecule has 4 rings (SSSR count). The van der Waals surface area contributed by atoms with E-state index in [1.165, 1.54) is 30.7 Å². The van der Waals surface area contributed by atoms with Gasteiger partial charge in [-0.05, 0) is 68.2 Å². The summed E-state index contributed by atoms with van der Waals surface area (Å²) in [6.07, 6.45) is -31.0. The van der Waals surface area contributed by atoms with E-state index in [2.05, 4.69) is 4.98 Å². The van der Waals surface area contributed by atoms with Gasteiger partial charge in [-0.3, -0.25) is 4.98 Å². The number of hydrogen-bond acceptors (Lipinski definition) is 4. The second-order valence-electron chi connectivity index (χ2n) is 5.77. The van der Waals surface area contributed by atoms with Gasteiger partial charge < -0.3 is 9.47 Å². The topological polar surface area (TPSA) is 31.4 Å². The molecule has 0 bridgehead atoms. The zero-order valence-corrected chi connectivity index (χ0v) is 15.4. The van der Waals surface area contributed by atoms with E-state index in [-0.39, 0.29) is 10.6 Å². The zero-order chi connectivity index (χ0) is 34.7. The Hall–Kier alpha value is -1.39. The van der Waals surface area contributed by atoms with Crippen molar-refractivity contribution in [2.75, 3.05) is 13.7 Å². The Morgan fingerprint density at radius 2 is 2.15 bits per heavy atom. The van der Waals surface area contributed by atoms with E-state index >= 15 is 0 Å². The third-order valence-electron chi connectivity index (χ3n) is 4.04. The van der Waals surface area contributed by atoms with Gasteiger partial charge in [0.2, 0.25) is 0 Å². The molecule has 27 heavy (non-hydrogen) atoms. The van der Waals surface area contributed by atoms with Crippen molar-refractivity contribution in [2.45, 2.75) is 74.8 Å². The number of hydrogen-bond donors (Lipinski definition) is 0. The van der Waals surface area contributed by atoms with Crippen LogP contribution in [0.2, 0.25) is 0 Å². The summed E-state index contributed by atoms with van der Waals surface area (Å²) in [6.45, 7) is -4.02. The molecule has 1 aliphatic carbocycles. The van der Waals surface area contributed by atoms with Crippen LogP contribution in [0.1, 0.15) is 92.7 Å². The predicted molar refractivity (Wildman–Crippen MR) is 111 cm³/mol. The lowest BCUT2D eigenvalue weighted by atomic mass is 9.67. The van der Waals surface area contributed by atoms with Crippen LogP contribution in [-0.2, 0) is 16.5 Å². The molecule has 2 fully saturated rings. The maximum absolute atomic E-state index is 9.43. The van der Waals surface area contributed by atoms with Crippen LogP contribution in [0, 0.1) is 0 Å². The minimum absolute atomic E-state index is 0.0161. The van der Waals surface area contributed by atoms with Crippen molar-refractivity contribution in [1.29, 1.82) is 0 Å². The summed E-state index contributed by atoms with van der Waals surface area (Å²) in [5.74, 6) is 0.119. The Morgan fingerprint density at radius 1 is 1.26 bits per heavy atom. The Labute approximate surface area is 192 Å². The summed E-state index contributed by atoms with van der Waals surface area (Å²) >= 11 is 0.931. The average molecular weight is 404 g/mol. The highest BCUT2D eigenvalue weighted by Gasteiger charge is 2.48. The van der Waals surface area contributed by atoms with Crippen LogP contribution < -0.4 is 4.74 Å². The molecule has 1 aliphatic heterocycles. The van der Waals surface area contributed by atoms with Gasteiger partial charge in [-0.1, -0.05) is 25.2 Å². The maximum Gasteiger partial charge on any atom is 0.132 e. The molecule has 0 aromatic carbocycles. The second kappa shape index (κ2) is 8.32. The van der Waals surface area contributed by atoms with Gasteiger partial charge in [-0.2, -0.15) is 0 Å². The lowest BCUT2D eigenvalue weighted by Gasteiger charge is -2.46. The molecule has 0 amide bonds. The molecule has 2 aliphatic rings. The van der Waals surface area contributed by atoms with Gasteiger partial charge in [0.15, 0.2) is 0 Å². The third-order valence-corrected chi connectivity index (χ3v) is 4.90. The number of pyridine rings is 1. The van der Waals surface area contributed by atoms with E-state index in [1.807, 2.05) is 0 Å². The Balaban J connectivity index is 2.12. The largest absolute Gasteiger partial charge is 0.496 e. The molecule has 2 aromatic rings. The molecule has 0 unspecified atom stereocenters. The van der Waals surface area contributed by atoms with Crippen molar-refractivity contribution in [3.63, 3.8) is 0 Å². The van der Waals surface area contributed by atoms with Gasteiger partial charge >= 0.3 is 0 Å². The average Bonchev–Trinajstić information content (AvgIpc) is 3.41. The van der Waals surface area contributed by atoms with Gasteiger partial charge in [-0.25, -0.2) is 0 Å². The smallest absolute Gasteiger partial charge is 0.132 e. The molecule has 146 valence electrons. The summed E-state index contributed by atoms with van der Waals surface area (Å²) in [5.41, 5.74) is -8.80. The molecular formula is C23H31NO2S. The van der Waals surface area contributed by atoms with E-state index in [9.17, 15) is 5.48 Å². The molecule has 4 heteroatoms. The molecule has 3 heterocycles. The minimum atomic E-state index is -4.20. The van der Waals surface area contributed by atoms with E-state index in [4.69, 9.17) is 28.7 Å². The van der Waals surface area contributed by atoms with Gasteiger partial charge in [-0.15, -0.1) is 11.3 Å². The monoisotopic (exact) mass is 403 g/mol. The van der Waals surface area contributed by atoms with E-state index < -0.39 is 87.1 Å². The number of aryl methyl sites for hydroxylation is 1. The summed E-state index contributed by atoms with van der Waals surface area (Å²) in [7, 11) is 1.28. The molecule has 1 atom stereocenters. The Kier molecular flexibility index (Phi) is 2.20. The summed E-state index contributed by atoms with van der Waals surface area (Å²) < 4.78 is 169. The molecule has 0 N–H and O–H groups in total. The maximum atomic E-state index is 9.43. The highest BCUT2D eigenvalue weighted by molar-refractivity contribution is 7.10. The van der Waals surface area contributed by atoms with Crippen LogP contribution in [-0.4, -0.2) is 24.3 Å². The standard InChI is InChI=1S/C23H31NO2S/c1-25-19-10-17-27-20(19)8-2-4-11-22(21-9-3-7-15-24-21)14-16-26-23(18-22)12-5-6-13-23/h3,7,9-10,15,17H,2,4-6,8,11-14,16,18H2,1H3/t22-/m1/s1/i5D2,6D2,8D2,11D2,12D2,13D2,14D2,16D2,18D2. The Morgan fingerprint density at radius 3 is 2.93 bits per heavy atom. The van der Waals surface area contributed by atoms with Gasteiger partial charge in [0, 0.05) is 50.7 Å². The SMILES string of the molecule is [2H]C([2H])(CCC([2H])([2H])[C@@]1(c2ccccn2)C([2H])([2H])C([2H])([2H])OC2(C([2H])([2H])C([2H])([2H])C([2H])([2H])C2([2H])[2H])C1([2H])[2H])c1sccc1OC. The predicted octanol–water partition coefficient (Wildman–Crippen LogP) is 5.93. The van der Waals surface area contributed by atoms with Crippen LogP contribution in [0.15, 0.2) is 35.8 Å². The zero-order valence-electron chi connectivity index (χ0n) is 32.6. The van der Waals surface area contributed by atoms with E-state index in [1.54, 1.807) is 0 Å². The van der Waals surface area contributed by atoms with Gasteiger partial charge in [0.05, 0.1) is 15.5 Å². The first-order valence-corrected chi connectivity index (χ1v) is 9.19. The molecule has 0 radical (unpaired) electrons. The third kappa shape index (κ3) is 4.07. The first-order valence-electron chi connectivity index (χ1n) is 17.3. The van der Waals surface area contributed by atoms with Crippen LogP contribution in [0.25, 0.3) is 0 Å². The normalized spacial score (nSPS) is 48.3. The van der Waals surface area contributed by atoms with Crippen molar-refractivity contribution in [2.24, 2.45) is 0 Å². The molecule has 1 saturated heterocycles. The number of methoxy groups -OCH3 is 1. The second-order valence-corrected chi connectivity index (χ2v) is 6.69. The fourth-order valence-electron chi connectivity index (χ4n) is 2.79. The fourth-order valence-corrected chi connectivity index (χ4v) is 3.57. The summed E-state index contributed by atoms with van der Waals surface area (Å²) in [5, 5.41) is 1.51. The number of nitrogens with zero attached hydrogens (tertiary/aromatic N) is 1. The van der Waals surface area contributed by atoms with E-state index in [0.29, 0.717) is 0 Å². The van der Waals surface area contributed by atoms with Gasteiger partial charge in [0.25, 0.3) is 0 Å². The number of ether oxygens (including phenoxy) is 2. The van der Waals surface area contributed by atoms with Crippen molar-refractivity contribution in [3.8, 4) is 5.75 Å². The number of thiophene rings is 1. The summed E-state index contributed by atoms with van der Waals surface area (Å²) in [6, 6.07) is 4.84. The van der Waals surface area contributed by atoms with Crippen LogP contribution in [0.4, 0.5) is 0 Å². The lowest BCUT2D eigenvalue weighted by molar-refractivity contribution is -0.104. The number of aromatic nitrogens is 1. The van der Waals surface area contributed by atoms with E-state index in [0.717, 1.165) is 23.6 Å². The first kappa shape index (κ1) is 7.14. The van der Waals surface area contributed by atoms with Crippen molar-refractivity contribution in [3.05, 3.63) is 46.4 Å². The van der Waals surface area contributed by atoms with Crippen LogP contribution in [0.5, 0.6) is 5.75 Å². The quantitative estimate of drug-likeness (QED) is 0.574. The molecular weight excluding hydrogens is 354 g/mol. The highest BCUT2D eigenvalue weighted by Crippen LogP contribution is 2.50. The Bertz CT molecular complexity index is 1420. The van der Waals surface area contributed by atoms with Gasteiger partial charge in [0.1, 0.15) is 5.75 Å². The molecule has 2 aromatic heterocycles. The fraction of sp³-hybridized carbons (Fsp3) is 0.609.